The predicted octanol–water partition coefficient (Wildman–Crippen LogP) is 4.36. The molecule has 0 N–H and O–H groups in total. The van der Waals surface area contributed by atoms with Crippen molar-refractivity contribution in [1.82, 2.24) is 0 Å². The van der Waals surface area contributed by atoms with Crippen LogP contribution in [-0.4, -0.2) is 4.92 Å². The number of ether oxygens (including phenoxy) is 1. The Morgan fingerprint density at radius 3 is 2.57 bits per heavy atom. The summed E-state index contributed by atoms with van der Waals surface area (Å²) in [5.41, 5.74) is 1.24. The van der Waals surface area contributed by atoms with Crippen molar-refractivity contribution >= 4 is 17.3 Å². The van der Waals surface area contributed by atoms with E-state index in [-0.39, 0.29) is 18.1 Å². The standard InChI is InChI=1S/C15H13ClFNO3/c1-10-4-2-5-11(8-16)15(10)21-9-12-6-3-7-13(14(12)17)18(19)20/h2-7H,8-9H2,1H3. The lowest BCUT2D eigenvalue weighted by molar-refractivity contribution is -0.387. The number of hydrogen-bond acceptors (Lipinski definition) is 3. The largest absolute Gasteiger partial charge is 0.488 e. The molecule has 0 saturated heterocycles. The summed E-state index contributed by atoms with van der Waals surface area (Å²) in [7, 11) is 0. The fraction of sp³-hybridized carbons (Fsp3) is 0.200. The van der Waals surface area contributed by atoms with Crippen molar-refractivity contribution in [3.8, 4) is 5.75 Å². The molecule has 0 radical (unpaired) electrons. The smallest absolute Gasteiger partial charge is 0.305 e. The molecule has 0 atom stereocenters. The van der Waals surface area contributed by atoms with Crippen LogP contribution in [0.4, 0.5) is 10.1 Å². The van der Waals surface area contributed by atoms with E-state index in [1.54, 1.807) is 0 Å². The van der Waals surface area contributed by atoms with Gasteiger partial charge in [-0.3, -0.25) is 10.1 Å². The summed E-state index contributed by atoms with van der Waals surface area (Å²) in [4.78, 5) is 9.96. The zero-order valence-corrected chi connectivity index (χ0v) is 12.1. The number of nitrogens with zero attached hydrogens (tertiary/aromatic N) is 1. The van der Waals surface area contributed by atoms with Gasteiger partial charge in [0.05, 0.1) is 10.8 Å². The molecule has 0 aliphatic heterocycles. The Labute approximate surface area is 126 Å². The van der Waals surface area contributed by atoms with E-state index >= 15 is 0 Å². The summed E-state index contributed by atoms with van der Waals surface area (Å²) in [6.07, 6.45) is 0. The summed E-state index contributed by atoms with van der Waals surface area (Å²) >= 11 is 5.84. The lowest BCUT2D eigenvalue weighted by Gasteiger charge is -2.13. The fourth-order valence-electron chi connectivity index (χ4n) is 1.99. The topological polar surface area (TPSA) is 52.4 Å². The molecule has 2 rings (SSSR count). The van der Waals surface area contributed by atoms with Crippen molar-refractivity contribution in [1.29, 1.82) is 0 Å². The quantitative estimate of drug-likeness (QED) is 0.468. The monoisotopic (exact) mass is 309 g/mol. The van der Waals surface area contributed by atoms with Gasteiger partial charge >= 0.3 is 5.69 Å². The Hall–Kier alpha value is -2.14. The minimum atomic E-state index is -0.872. The van der Waals surface area contributed by atoms with Crippen LogP contribution in [0, 0.1) is 22.9 Å². The molecule has 2 aromatic carbocycles. The molecule has 0 aromatic heterocycles. The summed E-state index contributed by atoms with van der Waals surface area (Å²) in [6, 6.07) is 9.54. The van der Waals surface area contributed by atoms with Crippen molar-refractivity contribution in [3.63, 3.8) is 0 Å². The van der Waals surface area contributed by atoms with Crippen LogP contribution in [0.5, 0.6) is 5.75 Å². The Morgan fingerprint density at radius 2 is 1.90 bits per heavy atom. The van der Waals surface area contributed by atoms with Gasteiger partial charge in [0.25, 0.3) is 0 Å². The number of aryl methyl sites for hydroxylation is 1. The molecule has 2 aromatic rings. The van der Waals surface area contributed by atoms with Gasteiger partial charge in [-0.15, -0.1) is 11.6 Å². The van der Waals surface area contributed by atoms with Crippen LogP contribution in [0.1, 0.15) is 16.7 Å². The lowest BCUT2D eigenvalue weighted by atomic mass is 10.1. The van der Waals surface area contributed by atoms with Crippen LogP contribution >= 0.6 is 11.6 Å². The molecule has 0 fully saturated rings. The number of nitro groups is 1. The zero-order valence-electron chi connectivity index (χ0n) is 11.3. The van der Waals surface area contributed by atoms with E-state index in [1.165, 1.54) is 12.1 Å². The second-order valence-electron chi connectivity index (χ2n) is 4.49. The number of benzene rings is 2. The number of nitro benzene ring substituents is 1. The van der Waals surface area contributed by atoms with Gasteiger partial charge < -0.3 is 4.74 Å². The first-order valence-corrected chi connectivity index (χ1v) is 6.77. The number of hydrogen-bond donors (Lipinski definition) is 0. The Morgan fingerprint density at radius 1 is 1.24 bits per heavy atom. The van der Waals surface area contributed by atoms with E-state index in [0.29, 0.717) is 5.75 Å². The Kier molecular flexibility index (Phi) is 4.75. The van der Waals surface area contributed by atoms with Gasteiger partial charge in [-0.1, -0.05) is 30.3 Å². The molecular weight excluding hydrogens is 297 g/mol. The average molecular weight is 310 g/mol. The number of para-hydroxylation sites is 1. The van der Waals surface area contributed by atoms with E-state index < -0.39 is 16.4 Å². The molecule has 0 aliphatic rings. The minimum absolute atomic E-state index is 0.0950. The number of rotatable bonds is 5. The van der Waals surface area contributed by atoms with Crippen LogP contribution < -0.4 is 4.74 Å². The van der Waals surface area contributed by atoms with Crippen molar-refractivity contribution in [2.24, 2.45) is 0 Å². The highest BCUT2D eigenvalue weighted by molar-refractivity contribution is 6.17. The molecular formula is C15H13ClFNO3. The van der Waals surface area contributed by atoms with Gasteiger partial charge in [0.2, 0.25) is 5.82 Å². The van der Waals surface area contributed by atoms with Gasteiger partial charge in [-0.05, 0) is 12.5 Å². The maximum atomic E-state index is 14.0. The van der Waals surface area contributed by atoms with Crippen molar-refractivity contribution in [2.75, 3.05) is 0 Å². The number of alkyl halides is 1. The van der Waals surface area contributed by atoms with E-state index in [1.807, 2.05) is 25.1 Å². The molecule has 0 bridgehead atoms. The SMILES string of the molecule is Cc1cccc(CCl)c1OCc1cccc([N+](=O)[O-])c1F. The highest BCUT2D eigenvalue weighted by Crippen LogP contribution is 2.27. The van der Waals surface area contributed by atoms with E-state index in [2.05, 4.69) is 0 Å². The summed E-state index contributed by atoms with van der Waals surface area (Å²) in [6.45, 7) is 1.76. The first kappa shape index (κ1) is 15.3. The van der Waals surface area contributed by atoms with Crippen molar-refractivity contribution in [2.45, 2.75) is 19.4 Å². The lowest BCUT2D eigenvalue weighted by Crippen LogP contribution is -2.04. The van der Waals surface area contributed by atoms with Gasteiger partial charge in [-0.25, -0.2) is 0 Å². The van der Waals surface area contributed by atoms with Crippen LogP contribution in [0.15, 0.2) is 36.4 Å². The van der Waals surface area contributed by atoms with Gasteiger partial charge in [0.1, 0.15) is 12.4 Å². The molecule has 0 unspecified atom stereocenters. The maximum absolute atomic E-state index is 14.0. The van der Waals surface area contributed by atoms with Gasteiger partial charge in [0, 0.05) is 17.2 Å². The Bertz CT molecular complexity index is 676. The first-order chi connectivity index (χ1) is 10.0. The second kappa shape index (κ2) is 6.54. The molecule has 0 amide bonds. The summed E-state index contributed by atoms with van der Waals surface area (Å²) in [5.74, 6) is -0.0176. The molecule has 0 spiro atoms. The molecule has 21 heavy (non-hydrogen) atoms. The average Bonchev–Trinajstić information content (AvgIpc) is 2.46. The predicted molar refractivity (Wildman–Crippen MR) is 78.1 cm³/mol. The summed E-state index contributed by atoms with van der Waals surface area (Å²) < 4.78 is 19.6. The third kappa shape index (κ3) is 3.31. The van der Waals surface area contributed by atoms with Gasteiger partial charge in [0.15, 0.2) is 0 Å². The van der Waals surface area contributed by atoms with E-state index in [9.17, 15) is 14.5 Å². The highest BCUT2D eigenvalue weighted by atomic mass is 35.5. The van der Waals surface area contributed by atoms with Crippen LogP contribution in [-0.2, 0) is 12.5 Å². The van der Waals surface area contributed by atoms with Gasteiger partial charge in [-0.2, -0.15) is 4.39 Å². The van der Waals surface area contributed by atoms with Crippen LogP contribution in [0.25, 0.3) is 0 Å². The van der Waals surface area contributed by atoms with E-state index in [0.717, 1.165) is 17.2 Å². The molecule has 0 saturated carbocycles. The molecule has 4 nitrogen and oxygen atoms in total. The fourth-order valence-corrected chi connectivity index (χ4v) is 2.20. The van der Waals surface area contributed by atoms with Crippen LogP contribution in [0.2, 0.25) is 0 Å². The Balaban J connectivity index is 2.25. The molecule has 6 heteroatoms. The zero-order chi connectivity index (χ0) is 15.4. The first-order valence-electron chi connectivity index (χ1n) is 6.23. The molecule has 0 aliphatic carbocycles. The normalized spacial score (nSPS) is 10.4. The number of halogens is 2. The van der Waals surface area contributed by atoms with Crippen molar-refractivity contribution in [3.05, 3.63) is 69.0 Å². The summed E-state index contributed by atoms with van der Waals surface area (Å²) in [5, 5.41) is 10.7. The third-order valence-electron chi connectivity index (χ3n) is 3.06. The highest BCUT2D eigenvalue weighted by Gasteiger charge is 2.18. The molecule has 0 heterocycles. The van der Waals surface area contributed by atoms with Crippen LogP contribution in [0.3, 0.4) is 0 Å². The minimum Gasteiger partial charge on any atom is -0.488 e. The second-order valence-corrected chi connectivity index (χ2v) is 4.76. The molecule has 110 valence electrons. The maximum Gasteiger partial charge on any atom is 0.305 e. The van der Waals surface area contributed by atoms with E-state index in [4.69, 9.17) is 16.3 Å². The van der Waals surface area contributed by atoms with Crippen molar-refractivity contribution < 1.29 is 14.1 Å². The third-order valence-corrected chi connectivity index (χ3v) is 3.35.